The molecule has 2 aromatic carbocycles. The number of nitrogens with zero attached hydrogens (tertiary/aromatic N) is 2. The van der Waals surface area contributed by atoms with E-state index in [0.717, 1.165) is 47.6 Å². The maximum atomic E-state index is 12.9. The normalized spacial score (nSPS) is 14.2. The number of ether oxygens (including phenoxy) is 1. The monoisotopic (exact) mass is 428 g/mol. The van der Waals surface area contributed by atoms with Crippen molar-refractivity contribution in [1.29, 1.82) is 0 Å². The van der Waals surface area contributed by atoms with Crippen LogP contribution in [0.15, 0.2) is 58.0 Å². The molecule has 0 aliphatic carbocycles. The highest BCUT2D eigenvalue weighted by Crippen LogP contribution is 2.23. The van der Waals surface area contributed by atoms with Gasteiger partial charge < -0.3 is 9.64 Å². The number of amidine groups is 1. The van der Waals surface area contributed by atoms with Crippen LogP contribution in [0.4, 0.5) is 5.69 Å². The third-order valence-corrected chi connectivity index (χ3v) is 5.12. The summed E-state index contributed by atoms with van der Waals surface area (Å²) in [7, 11) is 0. The predicted octanol–water partition coefficient (Wildman–Crippen LogP) is 5.51. The van der Waals surface area contributed by atoms with E-state index in [0.29, 0.717) is 12.2 Å². The molecule has 0 atom stereocenters. The van der Waals surface area contributed by atoms with E-state index in [2.05, 4.69) is 20.8 Å². The van der Waals surface area contributed by atoms with Crippen molar-refractivity contribution in [1.82, 2.24) is 0 Å². The first kappa shape index (κ1) is 19.6. The Labute approximate surface area is 169 Å². The molecule has 1 aliphatic rings. The molecule has 0 radical (unpaired) electrons. The fourth-order valence-corrected chi connectivity index (χ4v) is 3.43. The lowest BCUT2D eigenvalue weighted by atomic mass is 10.1. The van der Waals surface area contributed by atoms with E-state index in [1.807, 2.05) is 55.5 Å². The lowest BCUT2D eigenvalue weighted by Gasteiger charge is -2.25. The number of anilines is 1. The quantitative estimate of drug-likeness (QED) is 0.569. The highest BCUT2D eigenvalue weighted by Gasteiger charge is 2.19. The summed E-state index contributed by atoms with van der Waals surface area (Å²) in [6.07, 6.45) is 4.33. The van der Waals surface area contributed by atoms with Gasteiger partial charge in [-0.2, -0.15) is 0 Å². The second-order valence-corrected chi connectivity index (χ2v) is 7.47. The van der Waals surface area contributed by atoms with E-state index < -0.39 is 0 Å². The molecule has 4 nitrogen and oxygen atoms in total. The molecule has 1 aliphatic heterocycles. The average Bonchev–Trinajstić information content (AvgIpc) is 2.97. The summed E-state index contributed by atoms with van der Waals surface area (Å²) in [6.45, 7) is 3.68. The van der Waals surface area contributed by atoms with E-state index in [1.165, 1.54) is 6.42 Å². The molecule has 1 heterocycles. The molecule has 0 N–H and O–H groups in total. The van der Waals surface area contributed by atoms with E-state index in [-0.39, 0.29) is 12.3 Å². The van der Waals surface area contributed by atoms with Crippen LogP contribution in [-0.4, -0.2) is 31.3 Å². The minimum atomic E-state index is 0.0768. The zero-order valence-corrected chi connectivity index (χ0v) is 17.2. The molecule has 142 valence electrons. The van der Waals surface area contributed by atoms with Crippen LogP contribution in [0.2, 0.25) is 0 Å². The largest absolute Gasteiger partial charge is 0.494 e. The summed E-state index contributed by atoms with van der Waals surface area (Å²) in [4.78, 5) is 19.8. The van der Waals surface area contributed by atoms with Gasteiger partial charge in [-0.25, -0.2) is 0 Å². The van der Waals surface area contributed by atoms with E-state index in [9.17, 15) is 4.79 Å². The van der Waals surface area contributed by atoms with E-state index in [4.69, 9.17) is 9.73 Å². The van der Waals surface area contributed by atoms with Gasteiger partial charge in [0.25, 0.3) is 0 Å². The third-order valence-electron chi connectivity index (χ3n) is 4.59. The maximum absolute atomic E-state index is 12.9. The second-order valence-electron chi connectivity index (χ2n) is 6.55. The lowest BCUT2D eigenvalue weighted by Crippen LogP contribution is -2.36. The Morgan fingerprint density at radius 1 is 1.07 bits per heavy atom. The summed E-state index contributed by atoms with van der Waals surface area (Å²) in [6, 6.07) is 15.4. The van der Waals surface area contributed by atoms with Crippen molar-refractivity contribution in [3.05, 3.63) is 58.6 Å². The summed E-state index contributed by atoms with van der Waals surface area (Å²) < 4.78 is 6.49. The Morgan fingerprint density at radius 3 is 2.52 bits per heavy atom. The lowest BCUT2D eigenvalue weighted by molar-refractivity contribution is 0.100. The minimum absolute atomic E-state index is 0.0768. The number of rotatable bonds is 6. The van der Waals surface area contributed by atoms with Gasteiger partial charge in [-0.15, -0.1) is 0 Å². The number of carbonyl (C=O) groups excluding carboxylic acids is 1. The first-order valence-corrected chi connectivity index (χ1v) is 10.3. The Morgan fingerprint density at radius 2 is 1.81 bits per heavy atom. The SMILES string of the molecule is CCOc1ccc(C(=O)CN(C2=NCCCCC2)c2ccc(Br)cc2)cc1. The summed E-state index contributed by atoms with van der Waals surface area (Å²) in [5.41, 5.74) is 1.69. The van der Waals surface area contributed by atoms with Crippen molar-refractivity contribution >= 4 is 33.2 Å². The molecule has 3 rings (SSSR count). The van der Waals surface area contributed by atoms with Gasteiger partial charge in [-0.3, -0.25) is 9.79 Å². The topological polar surface area (TPSA) is 41.9 Å². The van der Waals surface area contributed by atoms with Gasteiger partial charge in [0, 0.05) is 28.7 Å². The van der Waals surface area contributed by atoms with Crippen molar-refractivity contribution in [2.45, 2.75) is 32.6 Å². The first-order valence-electron chi connectivity index (χ1n) is 9.50. The number of benzene rings is 2. The average molecular weight is 429 g/mol. The van der Waals surface area contributed by atoms with Crippen LogP contribution in [0, 0.1) is 0 Å². The van der Waals surface area contributed by atoms with E-state index >= 15 is 0 Å². The Kier molecular flexibility index (Phi) is 7.04. The van der Waals surface area contributed by atoms with Crippen LogP contribution in [0.3, 0.4) is 0 Å². The zero-order valence-electron chi connectivity index (χ0n) is 15.7. The van der Waals surface area contributed by atoms with Crippen LogP contribution in [0.25, 0.3) is 0 Å². The standard InChI is InChI=1S/C22H25BrN2O2/c1-2-27-20-13-7-17(8-14-20)21(26)16-25(19-11-9-18(23)10-12-19)22-6-4-3-5-15-24-22/h7-14H,2-6,15-16H2,1H3. The number of carbonyl (C=O) groups is 1. The van der Waals surface area contributed by atoms with Crippen molar-refractivity contribution in [2.75, 3.05) is 24.6 Å². The Hall–Kier alpha value is -2.14. The third kappa shape index (κ3) is 5.42. The van der Waals surface area contributed by atoms with Gasteiger partial charge in [0.15, 0.2) is 5.78 Å². The summed E-state index contributed by atoms with van der Waals surface area (Å²) in [5.74, 6) is 1.87. The van der Waals surface area contributed by atoms with Gasteiger partial charge in [0.05, 0.1) is 13.2 Å². The van der Waals surface area contributed by atoms with Crippen molar-refractivity contribution in [3.8, 4) is 5.75 Å². The Balaban J connectivity index is 1.82. The molecule has 0 unspecified atom stereocenters. The molecule has 0 bridgehead atoms. The molecule has 0 amide bonds. The van der Waals surface area contributed by atoms with Gasteiger partial charge in [-0.05, 0) is 68.3 Å². The van der Waals surface area contributed by atoms with Crippen LogP contribution >= 0.6 is 15.9 Å². The minimum Gasteiger partial charge on any atom is -0.494 e. The fourth-order valence-electron chi connectivity index (χ4n) is 3.17. The van der Waals surface area contributed by atoms with Crippen LogP contribution < -0.4 is 9.64 Å². The molecule has 27 heavy (non-hydrogen) atoms. The van der Waals surface area contributed by atoms with E-state index in [1.54, 1.807) is 0 Å². The smallest absolute Gasteiger partial charge is 0.182 e. The van der Waals surface area contributed by atoms with Gasteiger partial charge in [-0.1, -0.05) is 22.4 Å². The fraction of sp³-hybridized carbons (Fsp3) is 0.364. The van der Waals surface area contributed by atoms with Gasteiger partial charge in [0.2, 0.25) is 0 Å². The predicted molar refractivity (Wildman–Crippen MR) is 114 cm³/mol. The number of halogens is 1. The molecular weight excluding hydrogens is 404 g/mol. The molecule has 0 saturated heterocycles. The van der Waals surface area contributed by atoms with Gasteiger partial charge >= 0.3 is 0 Å². The van der Waals surface area contributed by atoms with Gasteiger partial charge in [0.1, 0.15) is 11.6 Å². The van der Waals surface area contributed by atoms with Crippen molar-refractivity contribution in [3.63, 3.8) is 0 Å². The summed E-state index contributed by atoms with van der Waals surface area (Å²) >= 11 is 3.48. The molecule has 2 aromatic rings. The molecule has 0 fully saturated rings. The van der Waals surface area contributed by atoms with Crippen LogP contribution in [0.5, 0.6) is 5.75 Å². The number of aliphatic imine (C=N–C) groups is 1. The number of hydrogen-bond acceptors (Lipinski definition) is 4. The highest BCUT2D eigenvalue weighted by atomic mass is 79.9. The zero-order chi connectivity index (χ0) is 19.1. The molecule has 5 heteroatoms. The van der Waals surface area contributed by atoms with Crippen molar-refractivity contribution < 1.29 is 9.53 Å². The molecule has 0 saturated carbocycles. The summed E-state index contributed by atoms with van der Waals surface area (Å²) in [5, 5.41) is 0. The molecular formula is C22H25BrN2O2. The highest BCUT2D eigenvalue weighted by molar-refractivity contribution is 9.10. The van der Waals surface area contributed by atoms with Crippen molar-refractivity contribution in [2.24, 2.45) is 4.99 Å². The van der Waals surface area contributed by atoms with Crippen LogP contribution in [-0.2, 0) is 0 Å². The number of Topliss-reactive ketones (excluding diaryl/α,β-unsaturated/α-hetero) is 1. The Bertz CT molecular complexity index is 785. The van der Waals surface area contributed by atoms with Crippen LogP contribution in [0.1, 0.15) is 43.0 Å². The molecule has 0 spiro atoms. The number of ketones is 1. The maximum Gasteiger partial charge on any atom is 0.182 e. The second kappa shape index (κ2) is 9.70. The first-order chi connectivity index (χ1) is 13.2. The number of hydrogen-bond donors (Lipinski definition) is 0. The molecule has 0 aromatic heterocycles.